The van der Waals surface area contributed by atoms with Gasteiger partial charge in [0.25, 0.3) is 5.91 Å². The molecule has 1 atom stereocenters. The second-order valence-corrected chi connectivity index (χ2v) is 4.87. The predicted molar refractivity (Wildman–Crippen MR) is 70.7 cm³/mol. The Morgan fingerprint density at radius 3 is 3.11 bits per heavy atom. The van der Waals surface area contributed by atoms with Crippen molar-refractivity contribution in [1.29, 1.82) is 0 Å². The van der Waals surface area contributed by atoms with Gasteiger partial charge in [-0.3, -0.25) is 4.79 Å². The third-order valence-electron chi connectivity index (χ3n) is 3.39. The zero-order chi connectivity index (χ0) is 13.0. The SMILES string of the molecule is CNCC1CCCN(C(=O)c2cccc(O)c2)C1. The van der Waals surface area contributed by atoms with Gasteiger partial charge in [-0.1, -0.05) is 6.07 Å². The van der Waals surface area contributed by atoms with Crippen LogP contribution in [0, 0.1) is 5.92 Å². The Morgan fingerprint density at radius 2 is 2.39 bits per heavy atom. The molecule has 1 saturated heterocycles. The van der Waals surface area contributed by atoms with E-state index >= 15 is 0 Å². The Labute approximate surface area is 108 Å². The number of benzene rings is 1. The highest BCUT2D eigenvalue weighted by atomic mass is 16.3. The molecule has 0 aliphatic carbocycles. The molecule has 0 radical (unpaired) electrons. The van der Waals surface area contributed by atoms with Gasteiger partial charge in [-0.05, 0) is 50.6 Å². The maximum atomic E-state index is 12.3. The first-order valence-corrected chi connectivity index (χ1v) is 6.43. The first-order valence-electron chi connectivity index (χ1n) is 6.43. The Morgan fingerprint density at radius 1 is 1.56 bits per heavy atom. The van der Waals surface area contributed by atoms with Crippen molar-refractivity contribution in [1.82, 2.24) is 10.2 Å². The van der Waals surface area contributed by atoms with Crippen molar-refractivity contribution < 1.29 is 9.90 Å². The lowest BCUT2D eigenvalue weighted by Gasteiger charge is -2.32. The summed E-state index contributed by atoms with van der Waals surface area (Å²) in [4.78, 5) is 14.2. The van der Waals surface area contributed by atoms with Crippen LogP contribution in [0.2, 0.25) is 0 Å². The van der Waals surface area contributed by atoms with E-state index in [4.69, 9.17) is 0 Å². The van der Waals surface area contributed by atoms with E-state index in [0.717, 1.165) is 26.1 Å². The van der Waals surface area contributed by atoms with Crippen LogP contribution in [-0.2, 0) is 0 Å². The molecule has 2 N–H and O–H groups in total. The van der Waals surface area contributed by atoms with Gasteiger partial charge in [-0.25, -0.2) is 0 Å². The summed E-state index contributed by atoms with van der Waals surface area (Å²) in [7, 11) is 1.94. The Hall–Kier alpha value is -1.55. The first kappa shape index (κ1) is 12.9. The molecule has 4 nitrogen and oxygen atoms in total. The fourth-order valence-electron chi connectivity index (χ4n) is 2.53. The number of likely N-dealkylation sites (tertiary alicyclic amines) is 1. The summed E-state index contributed by atoms with van der Waals surface area (Å²) in [6.45, 7) is 2.56. The van der Waals surface area contributed by atoms with E-state index < -0.39 is 0 Å². The van der Waals surface area contributed by atoms with E-state index in [0.29, 0.717) is 11.5 Å². The second kappa shape index (κ2) is 5.87. The van der Waals surface area contributed by atoms with Gasteiger partial charge >= 0.3 is 0 Å². The summed E-state index contributed by atoms with van der Waals surface area (Å²) in [5, 5.41) is 12.6. The molecule has 0 saturated carbocycles. The molecular weight excluding hydrogens is 228 g/mol. The normalized spacial score (nSPS) is 19.8. The zero-order valence-electron chi connectivity index (χ0n) is 10.7. The highest BCUT2D eigenvalue weighted by Crippen LogP contribution is 2.19. The number of hydrogen-bond acceptors (Lipinski definition) is 3. The van der Waals surface area contributed by atoms with E-state index in [-0.39, 0.29) is 11.7 Å². The molecule has 98 valence electrons. The highest BCUT2D eigenvalue weighted by Gasteiger charge is 2.24. The van der Waals surface area contributed by atoms with Gasteiger partial charge in [0, 0.05) is 18.7 Å². The molecule has 18 heavy (non-hydrogen) atoms. The highest BCUT2D eigenvalue weighted by molar-refractivity contribution is 5.94. The van der Waals surface area contributed by atoms with Gasteiger partial charge in [0.2, 0.25) is 0 Å². The van der Waals surface area contributed by atoms with Crippen molar-refractivity contribution in [3.05, 3.63) is 29.8 Å². The Balaban J connectivity index is 2.04. The number of phenols is 1. The summed E-state index contributed by atoms with van der Waals surface area (Å²) < 4.78 is 0. The summed E-state index contributed by atoms with van der Waals surface area (Å²) in [5.74, 6) is 0.696. The molecule has 0 aromatic heterocycles. The van der Waals surface area contributed by atoms with Gasteiger partial charge in [0.05, 0.1) is 0 Å². The third kappa shape index (κ3) is 3.01. The molecule has 0 bridgehead atoms. The van der Waals surface area contributed by atoms with Crippen LogP contribution in [0.3, 0.4) is 0 Å². The lowest BCUT2D eigenvalue weighted by atomic mass is 9.97. The van der Waals surface area contributed by atoms with Crippen molar-refractivity contribution in [2.75, 3.05) is 26.7 Å². The number of amides is 1. The standard InChI is InChI=1S/C14H20N2O2/c1-15-9-11-4-3-7-16(10-11)14(18)12-5-2-6-13(17)8-12/h2,5-6,8,11,15,17H,3-4,7,9-10H2,1H3. The van der Waals surface area contributed by atoms with Crippen LogP contribution in [0.15, 0.2) is 24.3 Å². The largest absolute Gasteiger partial charge is 0.508 e. The summed E-state index contributed by atoms with van der Waals surface area (Å²) in [6, 6.07) is 6.57. The minimum absolute atomic E-state index is 0.0201. The molecule has 1 unspecified atom stereocenters. The number of piperidine rings is 1. The van der Waals surface area contributed by atoms with E-state index in [1.807, 2.05) is 11.9 Å². The summed E-state index contributed by atoms with van der Waals surface area (Å²) in [6.07, 6.45) is 2.22. The molecule has 1 fully saturated rings. The molecule has 1 amide bonds. The number of nitrogens with one attached hydrogen (secondary N) is 1. The Kier molecular flexibility index (Phi) is 4.20. The molecule has 4 heteroatoms. The maximum Gasteiger partial charge on any atom is 0.253 e. The number of carbonyl (C=O) groups is 1. The molecule has 1 aromatic rings. The van der Waals surface area contributed by atoms with E-state index in [9.17, 15) is 9.90 Å². The molecule has 1 aromatic carbocycles. The van der Waals surface area contributed by atoms with Crippen LogP contribution < -0.4 is 5.32 Å². The first-order chi connectivity index (χ1) is 8.70. The van der Waals surface area contributed by atoms with Gasteiger partial charge in [-0.15, -0.1) is 0 Å². The number of nitrogens with zero attached hydrogens (tertiary/aromatic N) is 1. The predicted octanol–water partition coefficient (Wildman–Crippen LogP) is 1.46. The van der Waals surface area contributed by atoms with Crippen LogP contribution in [0.1, 0.15) is 23.2 Å². The number of phenolic OH excluding ortho intramolecular Hbond substituents is 1. The summed E-state index contributed by atoms with van der Waals surface area (Å²) >= 11 is 0. The fraction of sp³-hybridized carbons (Fsp3) is 0.500. The van der Waals surface area contributed by atoms with E-state index in [2.05, 4.69) is 5.32 Å². The average Bonchev–Trinajstić information content (AvgIpc) is 2.39. The monoisotopic (exact) mass is 248 g/mol. The molecule has 0 spiro atoms. The quantitative estimate of drug-likeness (QED) is 0.851. The number of carbonyl (C=O) groups excluding carboxylic acids is 1. The topological polar surface area (TPSA) is 52.6 Å². The molecule has 1 aliphatic rings. The van der Waals surface area contributed by atoms with Crippen LogP contribution >= 0.6 is 0 Å². The van der Waals surface area contributed by atoms with E-state index in [1.54, 1.807) is 18.2 Å². The van der Waals surface area contributed by atoms with Crippen molar-refractivity contribution in [2.24, 2.45) is 5.92 Å². The zero-order valence-corrected chi connectivity index (χ0v) is 10.7. The van der Waals surface area contributed by atoms with Crippen molar-refractivity contribution in [3.8, 4) is 5.75 Å². The maximum absolute atomic E-state index is 12.3. The second-order valence-electron chi connectivity index (χ2n) is 4.87. The lowest BCUT2D eigenvalue weighted by molar-refractivity contribution is 0.0674. The van der Waals surface area contributed by atoms with Gasteiger partial charge < -0.3 is 15.3 Å². The van der Waals surface area contributed by atoms with Crippen molar-refractivity contribution in [3.63, 3.8) is 0 Å². The smallest absolute Gasteiger partial charge is 0.253 e. The summed E-state index contributed by atoms with van der Waals surface area (Å²) in [5.41, 5.74) is 0.570. The number of aromatic hydroxyl groups is 1. The molecular formula is C14H20N2O2. The van der Waals surface area contributed by atoms with Gasteiger partial charge in [-0.2, -0.15) is 0 Å². The number of rotatable bonds is 3. The van der Waals surface area contributed by atoms with Crippen LogP contribution in [0.25, 0.3) is 0 Å². The van der Waals surface area contributed by atoms with Gasteiger partial charge in [0.1, 0.15) is 5.75 Å². The average molecular weight is 248 g/mol. The lowest BCUT2D eigenvalue weighted by Crippen LogP contribution is -2.42. The molecule has 1 heterocycles. The molecule has 1 aliphatic heterocycles. The van der Waals surface area contributed by atoms with Crippen LogP contribution in [0.5, 0.6) is 5.75 Å². The molecule has 2 rings (SSSR count). The van der Waals surface area contributed by atoms with Crippen LogP contribution in [-0.4, -0.2) is 42.6 Å². The third-order valence-corrected chi connectivity index (χ3v) is 3.39. The van der Waals surface area contributed by atoms with E-state index in [1.165, 1.54) is 12.5 Å². The minimum Gasteiger partial charge on any atom is -0.508 e. The van der Waals surface area contributed by atoms with Crippen molar-refractivity contribution >= 4 is 5.91 Å². The van der Waals surface area contributed by atoms with Crippen molar-refractivity contribution in [2.45, 2.75) is 12.8 Å². The Bertz CT molecular complexity index is 418. The fourth-order valence-corrected chi connectivity index (χ4v) is 2.53. The minimum atomic E-state index is 0.0201. The number of hydrogen-bond donors (Lipinski definition) is 2. The van der Waals surface area contributed by atoms with Gasteiger partial charge in [0.15, 0.2) is 0 Å². The van der Waals surface area contributed by atoms with Crippen LogP contribution in [0.4, 0.5) is 0 Å².